The first-order chi connectivity index (χ1) is 6.86. The molecule has 0 N–H and O–H groups in total. The zero-order chi connectivity index (χ0) is 9.80. The highest BCUT2D eigenvalue weighted by atomic mass is 32.2. The summed E-state index contributed by atoms with van der Waals surface area (Å²) in [7, 11) is 0. The first-order valence-electron chi connectivity index (χ1n) is 5.16. The number of rotatable bonds is 0. The molecule has 76 valence electrons. The lowest BCUT2D eigenvalue weighted by atomic mass is 10.1. The van der Waals surface area contributed by atoms with E-state index in [9.17, 15) is 0 Å². The minimum atomic E-state index is 0.872. The molecule has 0 aromatic heterocycles. The van der Waals surface area contributed by atoms with Crippen molar-refractivity contribution in [3.8, 4) is 5.75 Å². The van der Waals surface area contributed by atoms with Gasteiger partial charge in [-0.15, -0.1) is 0 Å². The fourth-order valence-corrected chi connectivity index (χ4v) is 2.63. The van der Waals surface area contributed by atoms with Crippen LogP contribution in [0.2, 0.25) is 0 Å². The minimum absolute atomic E-state index is 0.872. The molecule has 1 aliphatic heterocycles. The predicted octanol–water partition coefficient (Wildman–Crippen LogP) is 3.40. The summed E-state index contributed by atoms with van der Waals surface area (Å²) in [6.07, 6.45) is 2.46. The van der Waals surface area contributed by atoms with Gasteiger partial charge < -0.3 is 4.74 Å². The van der Waals surface area contributed by atoms with Crippen molar-refractivity contribution in [1.82, 2.24) is 0 Å². The first-order valence-corrected chi connectivity index (χ1v) is 6.32. The van der Waals surface area contributed by atoms with Crippen molar-refractivity contribution in [1.29, 1.82) is 0 Å². The third-order valence-electron chi connectivity index (χ3n) is 2.41. The maximum Gasteiger partial charge on any atom is 0.123 e. The van der Waals surface area contributed by atoms with Gasteiger partial charge in [0.1, 0.15) is 5.75 Å². The molecule has 2 heteroatoms. The highest BCUT2D eigenvalue weighted by Gasteiger charge is 2.06. The second kappa shape index (κ2) is 4.74. The zero-order valence-corrected chi connectivity index (χ0v) is 9.40. The number of thioether (sulfide) groups is 1. The van der Waals surface area contributed by atoms with Crippen molar-refractivity contribution in [2.45, 2.75) is 25.5 Å². The SMILES string of the molecule is Cc1ccc2c(c1)CSCCCCO2. The van der Waals surface area contributed by atoms with Crippen molar-refractivity contribution in [2.24, 2.45) is 0 Å². The Hall–Kier alpha value is -0.630. The maximum atomic E-state index is 5.75. The molecular formula is C12H16OS. The number of fused-ring (bicyclic) bond motifs is 1. The lowest BCUT2D eigenvalue weighted by Crippen LogP contribution is -1.98. The smallest absolute Gasteiger partial charge is 0.123 e. The highest BCUT2D eigenvalue weighted by Crippen LogP contribution is 2.26. The Labute approximate surface area is 89.9 Å². The van der Waals surface area contributed by atoms with Crippen molar-refractivity contribution in [3.05, 3.63) is 29.3 Å². The van der Waals surface area contributed by atoms with Crippen LogP contribution in [0.4, 0.5) is 0 Å². The molecule has 0 bridgehead atoms. The Balaban J connectivity index is 2.22. The average molecular weight is 208 g/mol. The molecule has 1 heterocycles. The fraction of sp³-hybridized carbons (Fsp3) is 0.500. The van der Waals surface area contributed by atoms with Crippen LogP contribution in [0.1, 0.15) is 24.0 Å². The van der Waals surface area contributed by atoms with E-state index in [2.05, 4.69) is 25.1 Å². The summed E-state index contributed by atoms with van der Waals surface area (Å²) in [6, 6.07) is 6.48. The minimum Gasteiger partial charge on any atom is -0.493 e. The van der Waals surface area contributed by atoms with Crippen molar-refractivity contribution >= 4 is 11.8 Å². The van der Waals surface area contributed by atoms with E-state index in [4.69, 9.17) is 4.74 Å². The van der Waals surface area contributed by atoms with Crippen molar-refractivity contribution in [2.75, 3.05) is 12.4 Å². The predicted molar refractivity (Wildman–Crippen MR) is 62.1 cm³/mol. The molecule has 0 saturated carbocycles. The Morgan fingerprint density at radius 3 is 3.14 bits per heavy atom. The van der Waals surface area contributed by atoms with Crippen LogP contribution in [0.3, 0.4) is 0 Å². The molecular weight excluding hydrogens is 192 g/mol. The Kier molecular flexibility index (Phi) is 3.35. The number of benzene rings is 1. The fourth-order valence-electron chi connectivity index (χ4n) is 1.63. The van der Waals surface area contributed by atoms with E-state index in [-0.39, 0.29) is 0 Å². The lowest BCUT2D eigenvalue weighted by Gasteiger charge is -2.09. The van der Waals surface area contributed by atoms with Gasteiger partial charge in [0.05, 0.1) is 6.61 Å². The van der Waals surface area contributed by atoms with E-state index in [1.807, 2.05) is 11.8 Å². The summed E-state index contributed by atoms with van der Waals surface area (Å²) in [5.41, 5.74) is 2.68. The van der Waals surface area contributed by atoms with Crippen LogP contribution in [0, 0.1) is 6.92 Å². The summed E-state index contributed by atoms with van der Waals surface area (Å²) in [5.74, 6) is 3.44. The summed E-state index contributed by atoms with van der Waals surface area (Å²) in [4.78, 5) is 0. The molecule has 0 amide bonds. The van der Waals surface area contributed by atoms with E-state index in [1.165, 1.54) is 29.7 Å². The van der Waals surface area contributed by atoms with E-state index in [0.717, 1.165) is 18.1 Å². The summed E-state index contributed by atoms with van der Waals surface area (Å²) >= 11 is 2.01. The molecule has 0 saturated heterocycles. The van der Waals surface area contributed by atoms with Gasteiger partial charge >= 0.3 is 0 Å². The van der Waals surface area contributed by atoms with Crippen LogP contribution in [0.15, 0.2) is 18.2 Å². The van der Waals surface area contributed by atoms with Gasteiger partial charge in [0.15, 0.2) is 0 Å². The molecule has 0 unspecified atom stereocenters. The molecule has 2 rings (SSSR count). The Bertz CT molecular complexity index is 309. The molecule has 14 heavy (non-hydrogen) atoms. The molecule has 0 spiro atoms. The second-order valence-electron chi connectivity index (χ2n) is 3.72. The molecule has 1 aliphatic rings. The van der Waals surface area contributed by atoms with Crippen LogP contribution in [0.5, 0.6) is 5.75 Å². The van der Waals surface area contributed by atoms with Gasteiger partial charge in [0.25, 0.3) is 0 Å². The van der Waals surface area contributed by atoms with Gasteiger partial charge in [-0.25, -0.2) is 0 Å². The number of aryl methyl sites for hydroxylation is 1. The molecule has 0 aliphatic carbocycles. The van der Waals surface area contributed by atoms with Crippen LogP contribution in [0.25, 0.3) is 0 Å². The average Bonchev–Trinajstić information content (AvgIpc) is 2.29. The van der Waals surface area contributed by atoms with Gasteiger partial charge in [-0.3, -0.25) is 0 Å². The third-order valence-corrected chi connectivity index (χ3v) is 3.51. The number of hydrogen-bond acceptors (Lipinski definition) is 2. The molecule has 1 aromatic rings. The largest absolute Gasteiger partial charge is 0.493 e. The van der Waals surface area contributed by atoms with Gasteiger partial charge in [-0.05, 0) is 31.6 Å². The summed E-state index contributed by atoms with van der Waals surface area (Å²) < 4.78 is 5.75. The summed E-state index contributed by atoms with van der Waals surface area (Å²) in [6.45, 7) is 3.01. The first kappa shape index (κ1) is 9.91. The van der Waals surface area contributed by atoms with Crippen LogP contribution < -0.4 is 4.74 Å². The monoisotopic (exact) mass is 208 g/mol. The maximum absolute atomic E-state index is 5.75. The van der Waals surface area contributed by atoms with Gasteiger partial charge in [-0.2, -0.15) is 11.8 Å². The topological polar surface area (TPSA) is 9.23 Å². The Morgan fingerprint density at radius 1 is 1.29 bits per heavy atom. The molecule has 0 fully saturated rings. The lowest BCUT2D eigenvalue weighted by molar-refractivity contribution is 0.308. The van der Waals surface area contributed by atoms with Crippen LogP contribution in [-0.2, 0) is 5.75 Å². The van der Waals surface area contributed by atoms with Crippen molar-refractivity contribution in [3.63, 3.8) is 0 Å². The zero-order valence-electron chi connectivity index (χ0n) is 8.58. The standard InChI is InChI=1S/C12H16OS/c1-10-4-5-12-11(8-10)9-14-7-3-2-6-13-12/h4-5,8H,2-3,6-7,9H2,1H3. The third kappa shape index (κ3) is 2.44. The van der Waals surface area contributed by atoms with E-state index >= 15 is 0 Å². The normalized spacial score (nSPS) is 17.2. The van der Waals surface area contributed by atoms with Gasteiger partial charge in [-0.1, -0.05) is 17.7 Å². The molecule has 0 radical (unpaired) electrons. The van der Waals surface area contributed by atoms with E-state index in [1.54, 1.807) is 0 Å². The quantitative estimate of drug-likeness (QED) is 0.646. The van der Waals surface area contributed by atoms with Crippen LogP contribution >= 0.6 is 11.8 Å². The van der Waals surface area contributed by atoms with Crippen molar-refractivity contribution < 1.29 is 4.74 Å². The van der Waals surface area contributed by atoms with Gasteiger partial charge in [0.2, 0.25) is 0 Å². The molecule has 1 nitrogen and oxygen atoms in total. The number of hydrogen-bond donors (Lipinski definition) is 0. The highest BCUT2D eigenvalue weighted by molar-refractivity contribution is 7.98. The number of ether oxygens (including phenoxy) is 1. The van der Waals surface area contributed by atoms with E-state index < -0.39 is 0 Å². The second-order valence-corrected chi connectivity index (χ2v) is 4.82. The summed E-state index contributed by atoms with van der Waals surface area (Å²) in [5, 5.41) is 0. The van der Waals surface area contributed by atoms with Gasteiger partial charge in [0, 0.05) is 11.3 Å². The molecule has 0 atom stereocenters. The Morgan fingerprint density at radius 2 is 2.21 bits per heavy atom. The van der Waals surface area contributed by atoms with E-state index in [0.29, 0.717) is 0 Å². The molecule has 1 aromatic carbocycles. The van der Waals surface area contributed by atoms with Crippen LogP contribution in [-0.4, -0.2) is 12.4 Å².